The quantitative estimate of drug-likeness (QED) is 0.348. The Hall–Kier alpha value is -0.850. The molecule has 0 aromatic heterocycles. The van der Waals surface area contributed by atoms with E-state index in [4.69, 9.17) is 9.47 Å². The smallest absolute Gasteiger partial charge is 0.191 e. The fourth-order valence-corrected chi connectivity index (χ4v) is 1.75. The van der Waals surface area contributed by atoms with E-state index < -0.39 is 5.60 Å². The Morgan fingerprint density at radius 3 is 2.72 bits per heavy atom. The molecule has 0 bridgehead atoms. The molecule has 1 rings (SSSR count). The molecule has 0 atom stereocenters. The van der Waals surface area contributed by atoms with Crippen LogP contribution in [0.1, 0.15) is 19.8 Å². The van der Waals surface area contributed by atoms with Crippen LogP contribution in [0.2, 0.25) is 0 Å². The number of rotatable bonds is 6. The normalized spacial score (nSPS) is 19.6. The van der Waals surface area contributed by atoms with Gasteiger partial charge in [0.1, 0.15) is 0 Å². The van der Waals surface area contributed by atoms with Gasteiger partial charge < -0.3 is 25.2 Å². The van der Waals surface area contributed by atoms with Crippen molar-refractivity contribution in [2.45, 2.75) is 25.4 Å². The molecule has 1 fully saturated rings. The van der Waals surface area contributed by atoms with Crippen LogP contribution >= 0.6 is 0 Å². The molecule has 1 heterocycles. The first-order valence-corrected chi connectivity index (χ1v) is 6.51. The summed E-state index contributed by atoms with van der Waals surface area (Å²) in [6.07, 6.45) is 1.29. The van der Waals surface area contributed by atoms with Crippen molar-refractivity contribution < 1.29 is 14.6 Å². The van der Waals surface area contributed by atoms with Crippen molar-refractivity contribution in [1.82, 2.24) is 10.6 Å². The average molecular weight is 259 g/mol. The Balaban J connectivity index is 2.42. The highest BCUT2D eigenvalue weighted by Crippen LogP contribution is 2.20. The summed E-state index contributed by atoms with van der Waals surface area (Å²) in [5, 5.41) is 16.6. The van der Waals surface area contributed by atoms with Crippen LogP contribution < -0.4 is 10.6 Å². The number of nitrogens with zero attached hydrogens (tertiary/aromatic N) is 1. The minimum absolute atomic E-state index is 0.401. The molecule has 1 saturated heterocycles. The van der Waals surface area contributed by atoms with E-state index in [1.54, 1.807) is 7.11 Å². The summed E-state index contributed by atoms with van der Waals surface area (Å²) in [6, 6.07) is 0. The molecule has 6 nitrogen and oxygen atoms in total. The highest BCUT2D eigenvalue weighted by molar-refractivity contribution is 5.79. The van der Waals surface area contributed by atoms with Crippen molar-refractivity contribution in [2.24, 2.45) is 4.99 Å². The highest BCUT2D eigenvalue weighted by atomic mass is 16.5. The second-order valence-electron chi connectivity index (χ2n) is 4.45. The number of ether oxygens (including phenoxy) is 2. The fourth-order valence-electron chi connectivity index (χ4n) is 1.75. The third kappa shape index (κ3) is 5.66. The topological polar surface area (TPSA) is 75.1 Å². The molecule has 0 spiro atoms. The predicted octanol–water partition coefficient (Wildman–Crippen LogP) is -0.271. The van der Waals surface area contributed by atoms with Crippen LogP contribution in [0.5, 0.6) is 0 Å². The Bertz CT molecular complexity index is 253. The number of hydrogen-bond donors (Lipinski definition) is 3. The summed E-state index contributed by atoms with van der Waals surface area (Å²) in [6.45, 7) is 5.75. The van der Waals surface area contributed by atoms with Crippen LogP contribution in [0.15, 0.2) is 4.99 Å². The van der Waals surface area contributed by atoms with E-state index in [0.29, 0.717) is 45.8 Å². The maximum atomic E-state index is 10.3. The van der Waals surface area contributed by atoms with Gasteiger partial charge >= 0.3 is 0 Å². The third-order valence-corrected chi connectivity index (χ3v) is 2.90. The van der Waals surface area contributed by atoms with Crippen LogP contribution in [0.25, 0.3) is 0 Å². The summed E-state index contributed by atoms with van der Waals surface area (Å²) in [4.78, 5) is 4.41. The maximum Gasteiger partial charge on any atom is 0.191 e. The van der Waals surface area contributed by atoms with Gasteiger partial charge in [0, 0.05) is 46.3 Å². The number of hydrogen-bond acceptors (Lipinski definition) is 4. The molecule has 3 N–H and O–H groups in total. The van der Waals surface area contributed by atoms with Gasteiger partial charge in [0.05, 0.1) is 18.8 Å². The average Bonchev–Trinajstić information content (AvgIpc) is 2.37. The molecule has 18 heavy (non-hydrogen) atoms. The highest BCUT2D eigenvalue weighted by Gasteiger charge is 2.29. The number of guanidine groups is 1. The number of nitrogens with one attached hydrogen (secondary N) is 2. The number of aliphatic hydroxyl groups is 1. The van der Waals surface area contributed by atoms with E-state index in [0.717, 1.165) is 12.5 Å². The van der Waals surface area contributed by atoms with E-state index in [9.17, 15) is 5.11 Å². The molecular formula is C12H25N3O3. The molecule has 0 aliphatic carbocycles. The van der Waals surface area contributed by atoms with E-state index in [2.05, 4.69) is 15.6 Å². The lowest BCUT2D eigenvalue weighted by Gasteiger charge is -2.30. The van der Waals surface area contributed by atoms with Gasteiger partial charge in [0.15, 0.2) is 5.96 Å². The van der Waals surface area contributed by atoms with Gasteiger partial charge in [-0.25, -0.2) is 0 Å². The molecule has 1 aliphatic heterocycles. The molecular weight excluding hydrogens is 234 g/mol. The van der Waals surface area contributed by atoms with Gasteiger partial charge in [-0.15, -0.1) is 0 Å². The van der Waals surface area contributed by atoms with Crippen molar-refractivity contribution in [1.29, 1.82) is 0 Å². The van der Waals surface area contributed by atoms with E-state index in [-0.39, 0.29) is 0 Å². The molecule has 106 valence electrons. The standard InChI is InChI=1S/C12H25N3O3/c1-3-13-11(14-6-9-17-2)15-10-12(16)4-7-18-8-5-12/h16H,3-10H2,1-2H3,(H2,13,14,15). The van der Waals surface area contributed by atoms with E-state index in [1.165, 1.54) is 0 Å². The molecule has 6 heteroatoms. The summed E-state index contributed by atoms with van der Waals surface area (Å²) < 4.78 is 10.2. The molecule has 0 aromatic rings. The van der Waals surface area contributed by atoms with Crippen molar-refractivity contribution >= 4 is 5.96 Å². The van der Waals surface area contributed by atoms with Gasteiger partial charge in [0.25, 0.3) is 0 Å². The zero-order valence-corrected chi connectivity index (χ0v) is 11.4. The zero-order valence-electron chi connectivity index (χ0n) is 11.4. The zero-order chi connectivity index (χ0) is 13.3. The van der Waals surface area contributed by atoms with E-state index in [1.807, 2.05) is 6.92 Å². The number of aliphatic imine (C=N–C) groups is 1. The van der Waals surface area contributed by atoms with Crippen LogP contribution in [0.4, 0.5) is 0 Å². The van der Waals surface area contributed by atoms with Crippen LogP contribution in [-0.4, -0.2) is 63.2 Å². The van der Waals surface area contributed by atoms with Crippen molar-refractivity contribution in [2.75, 3.05) is 46.6 Å². The minimum Gasteiger partial charge on any atom is -0.388 e. The second-order valence-corrected chi connectivity index (χ2v) is 4.45. The lowest BCUT2D eigenvalue weighted by atomic mass is 9.95. The maximum absolute atomic E-state index is 10.3. The van der Waals surface area contributed by atoms with Crippen LogP contribution in [-0.2, 0) is 9.47 Å². The first kappa shape index (κ1) is 15.2. The van der Waals surface area contributed by atoms with Crippen molar-refractivity contribution in [3.05, 3.63) is 0 Å². The fraction of sp³-hybridized carbons (Fsp3) is 0.917. The van der Waals surface area contributed by atoms with Gasteiger partial charge in [-0.1, -0.05) is 0 Å². The summed E-state index contributed by atoms with van der Waals surface area (Å²) >= 11 is 0. The minimum atomic E-state index is -0.720. The first-order valence-electron chi connectivity index (χ1n) is 6.51. The van der Waals surface area contributed by atoms with Crippen molar-refractivity contribution in [3.63, 3.8) is 0 Å². The molecule has 0 saturated carbocycles. The lowest BCUT2D eigenvalue weighted by molar-refractivity contribution is -0.0565. The van der Waals surface area contributed by atoms with E-state index >= 15 is 0 Å². The molecule has 1 aliphatic rings. The van der Waals surface area contributed by atoms with Crippen LogP contribution in [0.3, 0.4) is 0 Å². The largest absolute Gasteiger partial charge is 0.388 e. The Morgan fingerprint density at radius 2 is 2.11 bits per heavy atom. The summed E-state index contributed by atoms with van der Waals surface area (Å²) in [5.74, 6) is 0.717. The first-order chi connectivity index (χ1) is 8.70. The van der Waals surface area contributed by atoms with Crippen LogP contribution in [0, 0.1) is 0 Å². The molecule has 0 aromatic carbocycles. The van der Waals surface area contributed by atoms with Crippen molar-refractivity contribution in [3.8, 4) is 0 Å². The molecule has 0 radical (unpaired) electrons. The number of methoxy groups -OCH3 is 1. The van der Waals surface area contributed by atoms with Gasteiger partial charge in [-0.3, -0.25) is 4.99 Å². The summed E-state index contributed by atoms with van der Waals surface area (Å²) in [5.41, 5.74) is -0.720. The lowest BCUT2D eigenvalue weighted by Crippen LogP contribution is -2.43. The monoisotopic (exact) mass is 259 g/mol. The van der Waals surface area contributed by atoms with Gasteiger partial charge in [-0.05, 0) is 6.92 Å². The third-order valence-electron chi connectivity index (χ3n) is 2.90. The molecule has 0 unspecified atom stereocenters. The summed E-state index contributed by atoms with van der Waals surface area (Å²) in [7, 11) is 1.66. The Labute approximate surface area is 109 Å². The predicted molar refractivity (Wildman–Crippen MR) is 70.9 cm³/mol. The molecule has 0 amide bonds. The Kier molecular flexibility index (Phi) is 7.00. The second kappa shape index (κ2) is 8.29. The van der Waals surface area contributed by atoms with Gasteiger partial charge in [0.2, 0.25) is 0 Å². The Morgan fingerprint density at radius 1 is 1.39 bits per heavy atom. The SMILES string of the molecule is CCNC(=NCC1(O)CCOCC1)NCCOC. The van der Waals surface area contributed by atoms with Gasteiger partial charge in [-0.2, -0.15) is 0 Å².